The quantitative estimate of drug-likeness (QED) is 0.391. The van der Waals surface area contributed by atoms with Gasteiger partial charge in [0.1, 0.15) is 11.5 Å². The Hall–Kier alpha value is -3.09. The summed E-state index contributed by atoms with van der Waals surface area (Å²) < 4.78 is 16.9. The van der Waals surface area contributed by atoms with Crippen LogP contribution in [-0.4, -0.2) is 29.2 Å². The van der Waals surface area contributed by atoms with Crippen LogP contribution in [0.3, 0.4) is 0 Å². The molecular weight excluding hydrogens is 404 g/mol. The third kappa shape index (κ3) is 3.84. The Morgan fingerprint density at radius 3 is 2.67 bits per heavy atom. The van der Waals surface area contributed by atoms with E-state index in [1.54, 1.807) is 39.3 Å². The molecule has 0 amide bonds. The van der Waals surface area contributed by atoms with Gasteiger partial charge in [0.15, 0.2) is 5.69 Å². The molecule has 7 heteroatoms. The first-order valence-corrected chi connectivity index (χ1v) is 9.91. The lowest BCUT2D eigenvalue weighted by Crippen LogP contribution is -2.15. The molecule has 2 aromatic heterocycles. The van der Waals surface area contributed by atoms with Crippen molar-refractivity contribution in [3.63, 3.8) is 0 Å². The van der Waals surface area contributed by atoms with Crippen molar-refractivity contribution in [2.75, 3.05) is 7.11 Å². The molecule has 154 valence electrons. The molecule has 0 atom stereocenters. The fourth-order valence-electron chi connectivity index (χ4n) is 3.44. The van der Waals surface area contributed by atoms with Crippen LogP contribution in [0.25, 0.3) is 21.8 Å². The van der Waals surface area contributed by atoms with E-state index in [-0.39, 0.29) is 18.4 Å². The molecule has 0 aliphatic rings. The fourth-order valence-corrected chi connectivity index (χ4v) is 3.62. The number of H-pyrrole nitrogens is 1. The highest BCUT2D eigenvalue weighted by Gasteiger charge is 2.22. The summed E-state index contributed by atoms with van der Waals surface area (Å²) in [6.07, 6.45) is 1.38. The van der Waals surface area contributed by atoms with Crippen LogP contribution >= 0.6 is 11.6 Å². The van der Waals surface area contributed by atoms with Crippen LogP contribution in [-0.2, 0) is 16.1 Å². The lowest BCUT2D eigenvalue weighted by Gasteiger charge is -2.13. The maximum Gasteiger partial charge on any atom is 0.357 e. The van der Waals surface area contributed by atoms with Gasteiger partial charge in [0.25, 0.3) is 0 Å². The van der Waals surface area contributed by atoms with Crippen molar-refractivity contribution in [3.05, 3.63) is 64.9 Å². The fraction of sp³-hybridized carbons (Fsp3) is 0.217. The van der Waals surface area contributed by atoms with Gasteiger partial charge in [-0.25, -0.2) is 9.78 Å². The van der Waals surface area contributed by atoms with E-state index in [1.807, 2.05) is 30.3 Å². The molecule has 0 saturated carbocycles. The summed E-state index contributed by atoms with van der Waals surface area (Å²) in [6, 6.07) is 12.9. The Morgan fingerprint density at radius 2 is 1.93 bits per heavy atom. The van der Waals surface area contributed by atoms with Crippen LogP contribution in [0.1, 0.15) is 29.9 Å². The highest BCUT2D eigenvalue weighted by atomic mass is 35.5. The highest BCUT2D eigenvalue weighted by Crippen LogP contribution is 2.38. The summed E-state index contributed by atoms with van der Waals surface area (Å²) >= 11 is 6.10. The van der Waals surface area contributed by atoms with E-state index in [4.69, 9.17) is 25.8 Å². The number of nitrogens with one attached hydrogen (secondary N) is 1. The molecule has 0 fully saturated rings. The number of aromatic amines is 1. The number of benzene rings is 2. The van der Waals surface area contributed by atoms with Crippen LogP contribution in [0.2, 0.25) is 5.02 Å². The number of halogens is 1. The maximum absolute atomic E-state index is 12.7. The average Bonchev–Trinajstić information content (AvgIpc) is 3.08. The Labute approximate surface area is 178 Å². The van der Waals surface area contributed by atoms with Gasteiger partial charge in [-0.2, -0.15) is 0 Å². The summed E-state index contributed by atoms with van der Waals surface area (Å²) in [7, 11) is 1.58. The van der Waals surface area contributed by atoms with E-state index in [9.17, 15) is 4.79 Å². The van der Waals surface area contributed by atoms with E-state index in [2.05, 4.69) is 9.97 Å². The number of rotatable bonds is 6. The predicted molar refractivity (Wildman–Crippen MR) is 116 cm³/mol. The normalized spacial score (nSPS) is 11.4. The topological polar surface area (TPSA) is 73.4 Å². The Bertz CT molecular complexity index is 1230. The zero-order chi connectivity index (χ0) is 21.3. The molecule has 2 aromatic carbocycles. The number of pyridine rings is 1. The molecule has 0 aliphatic carbocycles. The lowest BCUT2D eigenvalue weighted by atomic mass is 10.0. The summed E-state index contributed by atoms with van der Waals surface area (Å²) in [5.74, 6) is 0.764. The van der Waals surface area contributed by atoms with Crippen LogP contribution in [0.5, 0.6) is 11.5 Å². The number of aromatic nitrogens is 2. The molecule has 0 bridgehead atoms. The smallest absolute Gasteiger partial charge is 0.357 e. The Morgan fingerprint density at radius 1 is 1.13 bits per heavy atom. The first kappa shape index (κ1) is 20.2. The van der Waals surface area contributed by atoms with E-state index in [0.717, 1.165) is 21.8 Å². The summed E-state index contributed by atoms with van der Waals surface area (Å²) in [5.41, 5.74) is 2.52. The van der Waals surface area contributed by atoms with Gasteiger partial charge in [0.05, 0.1) is 35.3 Å². The van der Waals surface area contributed by atoms with Crippen molar-refractivity contribution in [3.8, 4) is 11.5 Å². The van der Waals surface area contributed by atoms with Crippen molar-refractivity contribution in [2.24, 2.45) is 0 Å². The number of hydrogen-bond acceptors (Lipinski definition) is 5. The van der Waals surface area contributed by atoms with Gasteiger partial charge in [-0.05, 0) is 44.2 Å². The van der Waals surface area contributed by atoms with Gasteiger partial charge >= 0.3 is 5.97 Å². The minimum absolute atomic E-state index is 0.200. The molecule has 0 unspecified atom stereocenters. The number of ether oxygens (including phenoxy) is 3. The van der Waals surface area contributed by atoms with Crippen LogP contribution in [0.15, 0.2) is 48.7 Å². The van der Waals surface area contributed by atoms with Crippen molar-refractivity contribution >= 4 is 39.4 Å². The molecule has 2 heterocycles. The Kier molecular flexibility index (Phi) is 5.61. The van der Waals surface area contributed by atoms with Crippen molar-refractivity contribution in [1.82, 2.24) is 9.97 Å². The molecular formula is C23H21ClN2O4. The largest absolute Gasteiger partial charge is 0.458 e. The first-order valence-electron chi connectivity index (χ1n) is 9.53. The molecule has 0 aliphatic heterocycles. The van der Waals surface area contributed by atoms with Gasteiger partial charge in [-0.15, -0.1) is 0 Å². The SMILES string of the molecule is COCc1c(C(=O)OC(C)C)ncc2[nH]c3cccc(Oc4cccc(Cl)c4)c3c12. The van der Waals surface area contributed by atoms with Crippen molar-refractivity contribution in [1.29, 1.82) is 0 Å². The molecule has 0 saturated heterocycles. The third-order valence-electron chi connectivity index (χ3n) is 4.57. The summed E-state index contributed by atoms with van der Waals surface area (Å²) in [6.45, 7) is 3.80. The van der Waals surface area contributed by atoms with Gasteiger partial charge in [0.2, 0.25) is 0 Å². The summed E-state index contributed by atoms with van der Waals surface area (Å²) in [5, 5.41) is 2.23. The number of carbonyl (C=O) groups is 1. The average molecular weight is 425 g/mol. The van der Waals surface area contributed by atoms with E-state index in [0.29, 0.717) is 22.1 Å². The number of carbonyl (C=O) groups excluding carboxylic acids is 1. The van der Waals surface area contributed by atoms with E-state index < -0.39 is 5.97 Å². The molecule has 4 rings (SSSR count). The maximum atomic E-state index is 12.7. The van der Waals surface area contributed by atoms with Crippen LogP contribution < -0.4 is 4.74 Å². The van der Waals surface area contributed by atoms with E-state index in [1.165, 1.54) is 0 Å². The van der Waals surface area contributed by atoms with Crippen LogP contribution in [0.4, 0.5) is 0 Å². The monoisotopic (exact) mass is 424 g/mol. The highest BCUT2D eigenvalue weighted by molar-refractivity contribution is 6.30. The second kappa shape index (κ2) is 8.34. The molecule has 0 radical (unpaired) electrons. The lowest BCUT2D eigenvalue weighted by molar-refractivity contribution is 0.0366. The molecule has 4 aromatic rings. The van der Waals surface area contributed by atoms with Gasteiger partial charge in [0, 0.05) is 23.1 Å². The zero-order valence-corrected chi connectivity index (χ0v) is 17.6. The minimum Gasteiger partial charge on any atom is -0.458 e. The summed E-state index contributed by atoms with van der Waals surface area (Å²) in [4.78, 5) is 20.4. The Balaban J connectivity index is 1.94. The molecule has 30 heavy (non-hydrogen) atoms. The zero-order valence-electron chi connectivity index (χ0n) is 16.9. The first-order chi connectivity index (χ1) is 14.5. The molecule has 0 spiro atoms. The van der Waals surface area contributed by atoms with Gasteiger partial charge in [-0.1, -0.05) is 23.7 Å². The van der Waals surface area contributed by atoms with Gasteiger partial charge < -0.3 is 19.2 Å². The van der Waals surface area contributed by atoms with E-state index >= 15 is 0 Å². The molecule has 6 nitrogen and oxygen atoms in total. The van der Waals surface area contributed by atoms with Crippen molar-refractivity contribution in [2.45, 2.75) is 26.6 Å². The number of fused-ring (bicyclic) bond motifs is 3. The molecule has 1 N–H and O–H groups in total. The van der Waals surface area contributed by atoms with Crippen molar-refractivity contribution < 1.29 is 19.0 Å². The number of methoxy groups -OCH3 is 1. The number of esters is 1. The standard InChI is InChI=1S/C23H21ClN2O4/c1-13(2)29-23(27)22-16(12-28-3)20-18(11-25-22)26-17-8-5-9-19(21(17)20)30-15-7-4-6-14(24)10-15/h4-11,13,26H,12H2,1-3H3. The third-order valence-corrected chi connectivity index (χ3v) is 4.81. The second-order valence-electron chi connectivity index (χ2n) is 7.12. The predicted octanol–water partition coefficient (Wildman–Crippen LogP) is 5.87. The van der Waals surface area contributed by atoms with Gasteiger partial charge in [-0.3, -0.25) is 0 Å². The van der Waals surface area contributed by atoms with Crippen LogP contribution in [0, 0.1) is 0 Å². The minimum atomic E-state index is -0.485. The second-order valence-corrected chi connectivity index (χ2v) is 7.56. The number of hydrogen-bond donors (Lipinski definition) is 1. The number of nitrogens with zero attached hydrogens (tertiary/aromatic N) is 1.